The van der Waals surface area contributed by atoms with E-state index in [-0.39, 0.29) is 11.9 Å². The number of nitrogens with one attached hydrogen (secondary N) is 3. The topological polar surface area (TPSA) is 56.4 Å². The fourth-order valence-electron chi connectivity index (χ4n) is 5.26. The molecule has 2 saturated heterocycles. The van der Waals surface area contributed by atoms with Crippen LogP contribution < -0.4 is 16.2 Å². The van der Waals surface area contributed by atoms with Gasteiger partial charge in [-0.3, -0.25) is 15.1 Å². The van der Waals surface area contributed by atoms with E-state index in [2.05, 4.69) is 51.4 Å². The number of benzene rings is 1. The van der Waals surface area contributed by atoms with Crippen molar-refractivity contribution in [3.05, 3.63) is 35.9 Å². The van der Waals surface area contributed by atoms with Crippen LogP contribution in [0.3, 0.4) is 0 Å². The minimum atomic E-state index is -0.0845. The van der Waals surface area contributed by atoms with Crippen molar-refractivity contribution in [2.45, 2.75) is 88.4 Å². The fraction of sp³-hybridized carbons (Fsp3) is 0.696. The summed E-state index contributed by atoms with van der Waals surface area (Å²) in [5.74, 6) is 0.188. The molecule has 3 aliphatic rings. The van der Waals surface area contributed by atoms with E-state index < -0.39 is 0 Å². The largest absolute Gasteiger partial charge is 0.352 e. The molecule has 28 heavy (non-hydrogen) atoms. The second-order valence-electron chi connectivity index (χ2n) is 8.86. The first-order chi connectivity index (χ1) is 13.8. The Morgan fingerprint density at radius 3 is 2.64 bits per heavy atom. The van der Waals surface area contributed by atoms with Crippen molar-refractivity contribution in [1.29, 1.82) is 0 Å². The van der Waals surface area contributed by atoms with E-state index in [0.717, 1.165) is 32.2 Å². The van der Waals surface area contributed by atoms with Crippen LogP contribution in [0.2, 0.25) is 0 Å². The zero-order valence-corrected chi connectivity index (χ0v) is 17.0. The zero-order valence-electron chi connectivity index (χ0n) is 17.0. The van der Waals surface area contributed by atoms with E-state index in [1.807, 2.05) is 0 Å². The van der Waals surface area contributed by atoms with E-state index in [4.69, 9.17) is 0 Å². The van der Waals surface area contributed by atoms with Gasteiger partial charge in [0.15, 0.2) is 0 Å². The molecule has 1 amide bonds. The molecule has 1 saturated carbocycles. The first-order valence-electron chi connectivity index (χ1n) is 11.4. The number of nitrogens with zero attached hydrogens (tertiary/aromatic N) is 1. The molecule has 0 bridgehead atoms. The van der Waals surface area contributed by atoms with Crippen molar-refractivity contribution in [2.75, 3.05) is 13.1 Å². The fourth-order valence-corrected chi connectivity index (χ4v) is 5.26. The van der Waals surface area contributed by atoms with Crippen LogP contribution >= 0.6 is 0 Å². The molecule has 4 rings (SSSR count). The van der Waals surface area contributed by atoms with Gasteiger partial charge in [-0.15, -0.1) is 0 Å². The molecule has 0 spiro atoms. The molecule has 3 N–H and O–H groups in total. The predicted octanol–water partition coefficient (Wildman–Crippen LogP) is 2.77. The summed E-state index contributed by atoms with van der Waals surface area (Å²) in [7, 11) is 0. The average molecular weight is 385 g/mol. The number of carbonyl (C=O) groups excluding carboxylic acids is 1. The second-order valence-corrected chi connectivity index (χ2v) is 8.86. The Kier molecular flexibility index (Phi) is 7.00. The molecule has 3 atom stereocenters. The maximum atomic E-state index is 12.6. The summed E-state index contributed by atoms with van der Waals surface area (Å²) in [4.78, 5) is 15.3. The molecule has 5 heteroatoms. The van der Waals surface area contributed by atoms with Crippen LogP contribution in [-0.2, 0) is 11.2 Å². The molecule has 1 aromatic rings. The van der Waals surface area contributed by atoms with E-state index in [1.165, 1.54) is 50.6 Å². The summed E-state index contributed by atoms with van der Waals surface area (Å²) in [6.07, 6.45) is 11.9. The lowest BCUT2D eigenvalue weighted by molar-refractivity contribution is -0.123. The number of aryl methyl sites for hydroxylation is 1. The standard InChI is InChI=1S/C23H36N4O/c28-23(24-19-12-4-5-13-19)21-17-20(25-26-21)22-14-6-7-15-27(22)16-8-11-18-9-2-1-3-10-18/h1-3,9-10,19-22,25-26H,4-8,11-17H2,(H,24,28). The number of hydrogen-bond donors (Lipinski definition) is 3. The average Bonchev–Trinajstić information content (AvgIpc) is 3.41. The summed E-state index contributed by atoms with van der Waals surface area (Å²) in [6, 6.07) is 12.0. The molecule has 5 nitrogen and oxygen atoms in total. The maximum Gasteiger partial charge on any atom is 0.238 e. The van der Waals surface area contributed by atoms with Gasteiger partial charge in [0, 0.05) is 18.1 Å². The van der Waals surface area contributed by atoms with Crippen molar-refractivity contribution in [3.63, 3.8) is 0 Å². The van der Waals surface area contributed by atoms with E-state index >= 15 is 0 Å². The third kappa shape index (κ3) is 5.13. The minimum absolute atomic E-state index is 0.0845. The van der Waals surface area contributed by atoms with E-state index in [9.17, 15) is 4.79 Å². The molecule has 3 fully saturated rings. The molecule has 1 aliphatic carbocycles. The van der Waals surface area contributed by atoms with Crippen molar-refractivity contribution >= 4 is 5.91 Å². The van der Waals surface area contributed by atoms with Gasteiger partial charge in [0.25, 0.3) is 0 Å². The minimum Gasteiger partial charge on any atom is -0.352 e. The number of amides is 1. The first-order valence-corrected chi connectivity index (χ1v) is 11.4. The lowest BCUT2D eigenvalue weighted by Crippen LogP contribution is -2.51. The molecule has 2 aliphatic heterocycles. The molecular weight excluding hydrogens is 348 g/mol. The molecule has 3 unspecified atom stereocenters. The van der Waals surface area contributed by atoms with Crippen LogP contribution in [0.4, 0.5) is 0 Å². The van der Waals surface area contributed by atoms with Crippen molar-refractivity contribution in [3.8, 4) is 0 Å². The highest BCUT2D eigenvalue weighted by Gasteiger charge is 2.37. The van der Waals surface area contributed by atoms with Gasteiger partial charge in [0.1, 0.15) is 6.04 Å². The van der Waals surface area contributed by atoms with Crippen LogP contribution in [0.5, 0.6) is 0 Å². The van der Waals surface area contributed by atoms with E-state index in [0.29, 0.717) is 18.1 Å². The molecular formula is C23H36N4O. The number of hydrogen-bond acceptors (Lipinski definition) is 4. The number of carbonyl (C=O) groups is 1. The van der Waals surface area contributed by atoms with Gasteiger partial charge in [-0.1, -0.05) is 49.6 Å². The summed E-state index contributed by atoms with van der Waals surface area (Å²) in [5, 5.41) is 3.25. The van der Waals surface area contributed by atoms with E-state index in [1.54, 1.807) is 0 Å². The third-order valence-corrected chi connectivity index (χ3v) is 6.83. The Bertz CT molecular complexity index is 616. The Morgan fingerprint density at radius 2 is 1.82 bits per heavy atom. The SMILES string of the molecule is O=C(NC1CCCC1)C1CC(C2CCCCN2CCCc2ccccc2)NN1. The second kappa shape index (κ2) is 9.86. The Balaban J connectivity index is 1.26. The Labute approximate surface area is 169 Å². The summed E-state index contributed by atoms with van der Waals surface area (Å²) >= 11 is 0. The van der Waals surface area contributed by atoms with Crippen molar-refractivity contribution < 1.29 is 4.79 Å². The van der Waals surface area contributed by atoms with Gasteiger partial charge in [-0.2, -0.15) is 0 Å². The lowest BCUT2D eigenvalue weighted by Gasteiger charge is -2.39. The zero-order chi connectivity index (χ0) is 19.2. The van der Waals surface area contributed by atoms with Crippen molar-refractivity contribution in [1.82, 2.24) is 21.1 Å². The Morgan fingerprint density at radius 1 is 1.04 bits per heavy atom. The van der Waals surface area contributed by atoms with Gasteiger partial charge in [-0.25, -0.2) is 5.43 Å². The lowest BCUT2D eigenvalue weighted by atomic mass is 9.92. The number of likely N-dealkylation sites (tertiary alicyclic amines) is 1. The highest BCUT2D eigenvalue weighted by molar-refractivity contribution is 5.82. The number of rotatable bonds is 7. The van der Waals surface area contributed by atoms with Gasteiger partial charge in [0.05, 0.1) is 0 Å². The number of piperidine rings is 1. The van der Waals surface area contributed by atoms with Crippen molar-refractivity contribution in [2.24, 2.45) is 0 Å². The van der Waals surface area contributed by atoms with Gasteiger partial charge in [0.2, 0.25) is 5.91 Å². The molecule has 0 radical (unpaired) electrons. The molecule has 0 aromatic heterocycles. The van der Waals surface area contributed by atoms with Crippen LogP contribution in [0, 0.1) is 0 Å². The van der Waals surface area contributed by atoms with Gasteiger partial charge in [-0.05, 0) is 63.6 Å². The maximum absolute atomic E-state index is 12.6. The first kappa shape index (κ1) is 19.9. The molecule has 1 aromatic carbocycles. The highest BCUT2D eigenvalue weighted by atomic mass is 16.2. The van der Waals surface area contributed by atoms with Crippen LogP contribution in [-0.4, -0.2) is 48.1 Å². The normalized spacial score (nSPS) is 29.2. The number of hydrazine groups is 1. The Hall–Kier alpha value is -1.43. The molecule has 154 valence electrons. The summed E-state index contributed by atoms with van der Waals surface area (Å²) < 4.78 is 0. The van der Waals surface area contributed by atoms with Crippen LogP contribution in [0.15, 0.2) is 30.3 Å². The summed E-state index contributed by atoms with van der Waals surface area (Å²) in [6.45, 7) is 2.34. The van der Waals surface area contributed by atoms with Gasteiger partial charge < -0.3 is 5.32 Å². The monoisotopic (exact) mass is 384 g/mol. The quantitative estimate of drug-likeness (QED) is 0.677. The smallest absolute Gasteiger partial charge is 0.238 e. The predicted molar refractivity (Wildman–Crippen MR) is 113 cm³/mol. The van der Waals surface area contributed by atoms with Gasteiger partial charge >= 0.3 is 0 Å². The van der Waals surface area contributed by atoms with Crippen LogP contribution in [0.1, 0.15) is 63.4 Å². The van der Waals surface area contributed by atoms with Crippen LogP contribution in [0.25, 0.3) is 0 Å². The highest BCUT2D eigenvalue weighted by Crippen LogP contribution is 2.25. The molecule has 2 heterocycles. The third-order valence-electron chi connectivity index (χ3n) is 6.83. The summed E-state index contributed by atoms with van der Waals surface area (Å²) in [5.41, 5.74) is 8.19.